The average Bonchev–Trinajstić information content (AvgIpc) is 3.01. The Morgan fingerprint density at radius 2 is 1.00 bits per heavy atom. The van der Waals surface area contributed by atoms with E-state index in [2.05, 4.69) is 70.9 Å². The van der Waals surface area contributed by atoms with Crippen LogP contribution in [-0.2, 0) is 0 Å². The van der Waals surface area contributed by atoms with Gasteiger partial charge in [0.1, 0.15) is 0 Å². The highest BCUT2D eigenvalue weighted by Crippen LogP contribution is 2.33. The second-order valence-corrected chi connectivity index (χ2v) is 4.50. The number of aromatic nitrogens is 2. The summed E-state index contributed by atoms with van der Waals surface area (Å²) < 4.78 is 0. The Bertz CT molecular complexity index is 764. The molecule has 0 atom stereocenters. The Hall–Kier alpha value is -2.48. The average molecular weight is 232 g/mol. The molecule has 0 bridgehead atoms. The number of hydrogen-bond donors (Lipinski definition) is 2. The molecule has 2 heterocycles. The lowest BCUT2D eigenvalue weighted by Gasteiger charge is -1.97. The molecule has 0 unspecified atom stereocenters. The lowest BCUT2D eigenvalue weighted by atomic mass is 10.0. The van der Waals surface area contributed by atoms with Crippen LogP contribution in [0.1, 0.15) is 0 Å². The van der Waals surface area contributed by atoms with Gasteiger partial charge in [-0.3, -0.25) is 0 Å². The van der Waals surface area contributed by atoms with Crippen LogP contribution >= 0.6 is 0 Å². The maximum Gasteiger partial charge on any atom is 0.0460 e. The first-order valence-electron chi connectivity index (χ1n) is 6.06. The first-order chi connectivity index (χ1) is 8.93. The van der Waals surface area contributed by atoms with Gasteiger partial charge in [-0.15, -0.1) is 0 Å². The Balaban J connectivity index is 2.08. The molecule has 0 saturated carbocycles. The summed E-state index contributed by atoms with van der Waals surface area (Å²) in [7, 11) is 0. The van der Waals surface area contributed by atoms with Crippen molar-refractivity contribution in [3.63, 3.8) is 0 Å². The topological polar surface area (TPSA) is 31.6 Å². The zero-order valence-corrected chi connectivity index (χ0v) is 9.77. The molecule has 0 radical (unpaired) electrons. The van der Waals surface area contributed by atoms with Crippen LogP contribution in [0.25, 0.3) is 32.9 Å². The summed E-state index contributed by atoms with van der Waals surface area (Å²) in [6.45, 7) is 0. The quantitative estimate of drug-likeness (QED) is 0.490. The van der Waals surface area contributed by atoms with Crippen LogP contribution in [0, 0.1) is 0 Å². The molecule has 2 aromatic heterocycles. The molecule has 0 amide bonds. The van der Waals surface area contributed by atoms with Crippen molar-refractivity contribution in [3.05, 3.63) is 60.9 Å². The third-order valence-electron chi connectivity index (χ3n) is 3.47. The van der Waals surface area contributed by atoms with Gasteiger partial charge in [0.2, 0.25) is 0 Å². The number of nitrogens with one attached hydrogen (secondary N) is 2. The predicted molar refractivity (Wildman–Crippen MR) is 75.6 cm³/mol. The number of aromatic amines is 2. The third-order valence-corrected chi connectivity index (χ3v) is 3.47. The van der Waals surface area contributed by atoms with Crippen LogP contribution in [-0.4, -0.2) is 9.97 Å². The lowest BCUT2D eigenvalue weighted by molar-refractivity contribution is 1.46. The largest absolute Gasteiger partial charge is 0.361 e. The molecule has 0 aliphatic heterocycles. The zero-order valence-electron chi connectivity index (χ0n) is 9.77. The molecule has 18 heavy (non-hydrogen) atoms. The molecule has 2 N–H and O–H groups in total. The molecule has 2 heteroatoms. The molecule has 2 nitrogen and oxygen atoms in total. The Labute approximate surface area is 104 Å². The minimum absolute atomic E-state index is 1.18. The van der Waals surface area contributed by atoms with Crippen molar-refractivity contribution in [2.75, 3.05) is 0 Å². The van der Waals surface area contributed by atoms with Crippen molar-refractivity contribution in [1.82, 2.24) is 9.97 Å². The van der Waals surface area contributed by atoms with E-state index < -0.39 is 0 Å². The first kappa shape index (κ1) is 9.54. The van der Waals surface area contributed by atoms with Gasteiger partial charge < -0.3 is 9.97 Å². The maximum absolute atomic E-state index is 3.33. The minimum atomic E-state index is 1.18. The maximum atomic E-state index is 3.33. The molecule has 0 fully saturated rings. The fourth-order valence-corrected chi connectivity index (χ4v) is 2.59. The lowest BCUT2D eigenvalue weighted by Crippen LogP contribution is -1.72. The molecule has 4 rings (SSSR count). The third kappa shape index (κ3) is 1.23. The Morgan fingerprint density at radius 3 is 1.50 bits per heavy atom. The van der Waals surface area contributed by atoms with Crippen LogP contribution < -0.4 is 0 Å². The van der Waals surface area contributed by atoms with E-state index in [4.69, 9.17) is 0 Å². The van der Waals surface area contributed by atoms with Crippen molar-refractivity contribution in [2.24, 2.45) is 0 Å². The highest BCUT2D eigenvalue weighted by atomic mass is 14.7. The smallest absolute Gasteiger partial charge is 0.0460 e. The molecule has 0 spiro atoms. The minimum Gasteiger partial charge on any atom is -0.361 e. The summed E-state index contributed by atoms with van der Waals surface area (Å²) in [5.74, 6) is 0. The summed E-state index contributed by atoms with van der Waals surface area (Å²) in [6, 6.07) is 16.8. The molecular formula is C16H12N2. The van der Waals surface area contributed by atoms with Gasteiger partial charge in [-0.05, 0) is 12.1 Å². The Morgan fingerprint density at radius 1 is 0.556 bits per heavy atom. The van der Waals surface area contributed by atoms with Gasteiger partial charge in [0, 0.05) is 45.3 Å². The molecule has 2 aromatic carbocycles. The van der Waals surface area contributed by atoms with Crippen LogP contribution in [0.5, 0.6) is 0 Å². The monoisotopic (exact) mass is 232 g/mol. The van der Waals surface area contributed by atoms with Crippen LogP contribution in [0.4, 0.5) is 0 Å². The van der Waals surface area contributed by atoms with Gasteiger partial charge in [0.25, 0.3) is 0 Å². The van der Waals surface area contributed by atoms with Gasteiger partial charge in [0.05, 0.1) is 0 Å². The number of hydrogen-bond acceptors (Lipinski definition) is 0. The first-order valence-corrected chi connectivity index (χ1v) is 6.06. The molecule has 0 aliphatic rings. The van der Waals surface area contributed by atoms with Crippen molar-refractivity contribution < 1.29 is 0 Å². The van der Waals surface area contributed by atoms with E-state index in [1.54, 1.807) is 0 Å². The number of para-hydroxylation sites is 2. The van der Waals surface area contributed by atoms with Crippen LogP contribution in [0.15, 0.2) is 60.9 Å². The SMILES string of the molecule is c1ccc2c(-c3c[nH]c4ccccc34)c[nH]c2c1. The van der Waals surface area contributed by atoms with E-state index in [1.807, 2.05) is 0 Å². The van der Waals surface area contributed by atoms with Crippen molar-refractivity contribution in [1.29, 1.82) is 0 Å². The van der Waals surface area contributed by atoms with E-state index >= 15 is 0 Å². The molecule has 86 valence electrons. The van der Waals surface area contributed by atoms with E-state index in [9.17, 15) is 0 Å². The van der Waals surface area contributed by atoms with Gasteiger partial charge >= 0.3 is 0 Å². The zero-order chi connectivity index (χ0) is 11.9. The second kappa shape index (κ2) is 3.50. The van der Waals surface area contributed by atoms with E-state index in [1.165, 1.54) is 32.9 Å². The van der Waals surface area contributed by atoms with E-state index in [-0.39, 0.29) is 0 Å². The highest BCUT2D eigenvalue weighted by Gasteiger charge is 2.09. The molecule has 0 aliphatic carbocycles. The second-order valence-electron chi connectivity index (χ2n) is 4.50. The summed E-state index contributed by atoms with van der Waals surface area (Å²) >= 11 is 0. The van der Waals surface area contributed by atoms with Gasteiger partial charge in [-0.1, -0.05) is 36.4 Å². The Kier molecular flexibility index (Phi) is 1.86. The number of rotatable bonds is 1. The molecule has 0 saturated heterocycles. The van der Waals surface area contributed by atoms with Crippen LogP contribution in [0.3, 0.4) is 0 Å². The molecule has 4 aromatic rings. The normalized spacial score (nSPS) is 11.3. The van der Waals surface area contributed by atoms with Gasteiger partial charge in [-0.25, -0.2) is 0 Å². The van der Waals surface area contributed by atoms with Gasteiger partial charge in [0.15, 0.2) is 0 Å². The van der Waals surface area contributed by atoms with E-state index in [0.29, 0.717) is 0 Å². The number of fused-ring (bicyclic) bond motifs is 2. The summed E-state index contributed by atoms with van der Waals surface area (Å²) in [5, 5.41) is 2.53. The fourth-order valence-electron chi connectivity index (χ4n) is 2.59. The molecular weight excluding hydrogens is 220 g/mol. The fraction of sp³-hybridized carbons (Fsp3) is 0. The standard InChI is InChI=1S/C16H12N2/c1-3-7-15-11(5-1)13(9-17-15)14-10-18-16-8-4-2-6-12(14)16/h1-10,17-18H. The number of benzene rings is 2. The van der Waals surface area contributed by atoms with Crippen molar-refractivity contribution >= 4 is 21.8 Å². The van der Waals surface area contributed by atoms with Gasteiger partial charge in [-0.2, -0.15) is 0 Å². The highest BCUT2D eigenvalue weighted by molar-refractivity contribution is 6.04. The van der Waals surface area contributed by atoms with E-state index in [0.717, 1.165) is 0 Å². The number of H-pyrrole nitrogens is 2. The van der Waals surface area contributed by atoms with Crippen molar-refractivity contribution in [3.8, 4) is 11.1 Å². The predicted octanol–water partition coefficient (Wildman–Crippen LogP) is 4.32. The van der Waals surface area contributed by atoms with Crippen molar-refractivity contribution in [2.45, 2.75) is 0 Å². The summed E-state index contributed by atoms with van der Waals surface area (Å²) in [6.07, 6.45) is 4.17. The van der Waals surface area contributed by atoms with Crippen LogP contribution in [0.2, 0.25) is 0 Å². The summed E-state index contributed by atoms with van der Waals surface area (Å²) in [4.78, 5) is 6.65. The summed E-state index contributed by atoms with van der Waals surface area (Å²) in [5.41, 5.74) is 4.86.